The quantitative estimate of drug-likeness (QED) is 0.872. The lowest BCUT2D eigenvalue weighted by molar-refractivity contribution is 0.0636. The van der Waals surface area contributed by atoms with Gasteiger partial charge in [0.25, 0.3) is 0 Å². The summed E-state index contributed by atoms with van der Waals surface area (Å²) in [7, 11) is 0. The average molecular weight is 283 g/mol. The summed E-state index contributed by atoms with van der Waals surface area (Å²) in [5.74, 6) is 0.267. The van der Waals surface area contributed by atoms with E-state index < -0.39 is 11.7 Å². The van der Waals surface area contributed by atoms with Gasteiger partial charge in [-0.15, -0.1) is 0 Å². The predicted molar refractivity (Wildman–Crippen MR) is 76.6 cm³/mol. The maximum Gasteiger partial charge on any atom is 0.412 e. The van der Waals surface area contributed by atoms with Crippen LogP contribution in [0.25, 0.3) is 0 Å². The number of hydrogen-bond acceptors (Lipinski definition) is 3. The third-order valence-corrected chi connectivity index (χ3v) is 3.12. The first kappa shape index (κ1) is 14.2. The van der Waals surface area contributed by atoms with Gasteiger partial charge in [0.1, 0.15) is 5.60 Å². The highest BCUT2D eigenvalue weighted by molar-refractivity contribution is 6.30. The van der Waals surface area contributed by atoms with Crippen molar-refractivity contribution in [3.8, 4) is 0 Å². The minimum absolute atomic E-state index is 0.151. The first-order valence-corrected chi connectivity index (χ1v) is 6.69. The van der Waals surface area contributed by atoms with Gasteiger partial charge < -0.3 is 10.5 Å². The summed E-state index contributed by atoms with van der Waals surface area (Å²) >= 11 is 5.99. The summed E-state index contributed by atoms with van der Waals surface area (Å²) in [6, 6.07) is 5.53. The van der Waals surface area contributed by atoms with Crippen LogP contribution in [0.4, 0.5) is 10.5 Å². The number of ether oxygens (including phenoxy) is 1. The molecule has 0 unspecified atom stereocenters. The van der Waals surface area contributed by atoms with Gasteiger partial charge in [0.15, 0.2) is 0 Å². The molecule has 1 amide bonds. The molecule has 104 valence electrons. The first-order chi connectivity index (χ1) is 8.76. The van der Waals surface area contributed by atoms with Crippen LogP contribution in [0.3, 0.4) is 0 Å². The zero-order valence-electron chi connectivity index (χ0n) is 11.4. The van der Waals surface area contributed by atoms with E-state index >= 15 is 0 Å². The van der Waals surface area contributed by atoms with Gasteiger partial charge in [-0.2, -0.15) is 0 Å². The Balaban J connectivity index is 2.14. The number of rotatable bonds is 2. The van der Waals surface area contributed by atoms with Gasteiger partial charge >= 0.3 is 6.09 Å². The highest BCUT2D eigenvalue weighted by Gasteiger charge is 2.37. The molecular formula is C14H19ClN2O2. The lowest BCUT2D eigenvalue weighted by Gasteiger charge is -2.20. The predicted octanol–water partition coefficient (Wildman–Crippen LogP) is 3.50. The van der Waals surface area contributed by atoms with E-state index in [9.17, 15) is 4.79 Å². The number of nitrogens with one attached hydrogen (secondary N) is 1. The zero-order valence-corrected chi connectivity index (χ0v) is 12.1. The fraction of sp³-hybridized carbons (Fsp3) is 0.500. The molecule has 0 saturated heterocycles. The Hall–Kier alpha value is -1.26. The molecule has 0 aliphatic heterocycles. The van der Waals surface area contributed by atoms with Gasteiger partial charge in [0.2, 0.25) is 0 Å². The summed E-state index contributed by atoms with van der Waals surface area (Å²) in [6.45, 7) is 5.48. The molecule has 0 radical (unpaired) electrons. The number of nitrogens with two attached hydrogens (primary N) is 1. The molecule has 1 aromatic carbocycles. The number of benzene rings is 1. The number of amides is 1. The number of halogens is 1. The Morgan fingerprint density at radius 1 is 1.47 bits per heavy atom. The van der Waals surface area contributed by atoms with E-state index in [1.807, 2.05) is 26.8 Å². The molecule has 0 bridgehead atoms. The Labute approximate surface area is 118 Å². The molecule has 0 heterocycles. The van der Waals surface area contributed by atoms with Crippen molar-refractivity contribution in [3.63, 3.8) is 0 Å². The fourth-order valence-corrected chi connectivity index (χ4v) is 2.12. The second-order valence-electron chi connectivity index (χ2n) is 5.86. The van der Waals surface area contributed by atoms with Crippen molar-refractivity contribution in [1.29, 1.82) is 0 Å². The number of hydrogen-bond donors (Lipinski definition) is 2. The minimum atomic E-state index is -0.521. The molecule has 3 N–H and O–H groups in total. The Morgan fingerprint density at radius 2 is 2.11 bits per heavy atom. The number of anilines is 1. The summed E-state index contributed by atoms with van der Waals surface area (Å²) in [5.41, 5.74) is 7.04. The number of carbonyl (C=O) groups is 1. The van der Waals surface area contributed by atoms with Crippen molar-refractivity contribution in [2.75, 3.05) is 5.32 Å². The standard InChI is InChI=1S/C14H19ClN2O2/c1-14(2,3)19-13(18)17-12-5-4-8(15)6-10(12)9-7-11(9)16/h4-6,9,11H,7,16H2,1-3H3,(H,17,18)/t9-,11+/m0/s1. The van der Waals surface area contributed by atoms with Gasteiger partial charge in [0.05, 0.1) is 0 Å². The van der Waals surface area contributed by atoms with Crippen LogP contribution < -0.4 is 11.1 Å². The lowest BCUT2D eigenvalue weighted by Crippen LogP contribution is -2.27. The van der Waals surface area contributed by atoms with E-state index in [4.69, 9.17) is 22.1 Å². The van der Waals surface area contributed by atoms with Crippen molar-refractivity contribution < 1.29 is 9.53 Å². The van der Waals surface area contributed by atoms with Gasteiger partial charge in [-0.3, -0.25) is 5.32 Å². The van der Waals surface area contributed by atoms with Crippen LogP contribution in [0, 0.1) is 0 Å². The van der Waals surface area contributed by atoms with Gasteiger partial charge in [-0.05, 0) is 51.0 Å². The normalized spacial score (nSPS) is 21.9. The molecule has 2 atom stereocenters. The second-order valence-corrected chi connectivity index (χ2v) is 6.30. The molecule has 0 spiro atoms. The molecule has 1 aliphatic rings. The maximum atomic E-state index is 11.8. The smallest absolute Gasteiger partial charge is 0.412 e. The SMILES string of the molecule is CC(C)(C)OC(=O)Nc1ccc(Cl)cc1[C@@H]1C[C@H]1N. The molecule has 5 heteroatoms. The van der Waals surface area contributed by atoms with E-state index in [2.05, 4.69) is 5.32 Å². The topological polar surface area (TPSA) is 64.3 Å². The van der Waals surface area contributed by atoms with Crippen molar-refractivity contribution in [1.82, 2.24) is 0 Å². The molecule has 0 aromatic heterocycles. The summed E-state index contributed by atoms with van der Waals surface area (Å²) in [6.07, 6.45) is 0.453. The molecule has 1 aromatic rings. The Bertz CT molecular complexity index is 497. The summed E-state index contributed by atoms with van der Waals surface area (Å²) in [5, 5.41) is 3.40. The molecule has 1 saturated carbocycles. The third-order valence-electron chi connectivity index (χ3n) is 2.89. The molecule has 1 fully saturated rings. The van der Waals surface area contributed by atoms with Gasteiger partial charge in [-0.1, -0.05) is 11.6 Å². The minimum Gasteiger partial charge on any atom is -0.444 e. The van der Waals surface area contributed by atoms with E-state index in [1.165, 1.54) is 0 Å². The van der Waals surface area contributed by atoms with Gasteiger partial charge in [-0.25, -0.2) is 4.79 Å². The monoisotopic (exact) mass is 282 g/mol. The van der Waals surface area contributed by atoms with Crippen LogP contribution in [0.15, 0.2) is 18.2 Å². The zero-order chi connectivity index (χ0) is 14.2. The molecule has 4 nitrogen and oxygen atoms in total. The van der Waals surface area contributed by atoms with Crippen LogP contribution in [-0.2, 0) is 4.74 Å². The van der Waals surface area contributed by atoms with Crippen molar-refractivity contribution in [2.24, 2.45) is 5.73 Å². The average Bonchev–Trinajstić information content (AvgIpc) is 2.95. The van der Waals surface area contributed by atoms with Crippen LogP contribution in [0.2, 0.25) is 5.02 Å². The van der Waals surface area contributed by atoms with E-state index in [1.54, 1.807) is 12.1 Å². The first-order valence-electron chi connectivity index (χ1n) is 6.31. The number of carbonyl (C=O) groups excluding carboxylic acids is 1. The van der Waals surface area contributed by atoms with Crippen molar-refractivity contribution in [2.45, 2.75) is 44.8 Å². The summed E-state index contributed by atoms with van der Waals surface area (Å²) < 4.78 is 5.24. The second kappa shape index (κ2) is 5.02. The fourth-order valence-electron chi connectivity index (χ4n) is 1.94. The molecule has 1 aliphatic carbocycles. The molecular weight excluding hydrogens is 264 g/mol. The van der Waals surface area contributed by atoms with Crippen molar-refractivity contribution in [3.05, 3.63) is 28.8 Å². The van der Waals surface area contributed by atoms with Gasteiger partial charge in [0, 0.05) is 22.7 Å². The lowest BCUT2D eigenvalue weighted by atomic mass is 10.1. The maximum absolute atomic E-state index is 11.8. The summed E-state index contributed by atoms with van der Waals surface area (Å²) in [4.78, 5) is 11.8. The highest BCUT2D eigenvalue weighted by Crippen LogP contribution is 2.43. The van der Waals surface area contributed by atoms with E-state index in [-0.39, 0.29) is 12.0 Å². The van der Waals surface area contributed by atoms with E-state index in [0.717, 1.165) is 17.7 Å². The van der Waals surface area contributed by atoms with Crippen LogP contribution >= 0.6 is 11.6 Å². The molecule has 2 rings (SSSR count). The van der Waals surface area contributed by atoms with Crippen molar-refractivity contribution >= 4 is 23.4 Å². The van der Waals surface area contributed by atoms with E-state index in [0.29, 0.717) is 5.02 Å². The van der Waals surface area contributed by atoms with Crippen LogP contribution in [-0.4, -0.2) is 17.7 Å². The Kier molecular flexibility index (Phi) is 3.74. The highest BCUT2D eigenvalue weighted by atomic mass is 35.5. The van der Waals surface area contributed by atoms with Crippen LogP contribution in [0.1, 0.15) is 38.7 Å². The Morgan fingerprint density at radius 3 is 2.63 bits per heavy atom. The van der Waals surface area contributed by atoms with Crippen LogP contribution in [0.5, 0.6) is 0 Å². The largest absolute Gasteiger partial charge is 0.444 e. The third kappa shape index (κ3) is 3.85. The molecule has 19 heavy (non-hydrogen) atoms.